The first kappa shape index (κ1) is 70.3. The van der Waals surface area contributed by atoms with Crippen LogP contribution in [0.3, 0.4) is 0 Å². The Hall–Kier alpha value is -1.66. The third kappa shape index (κ3) is 57.6. The van der Waals surface area contributed by atoms with Crippen molar-refractivity contribution in [3.8, 4) is 0 Å². The van der Waals surface area contributed by atoms with E-state index < -0.39 is 12.1 Å². The van der Waals surface area contributed by atoms with Crippen LogP contribution in [0.2, 0.25) is 0 Å². The van der Waals surface area contributed by atoms with Gasteiger partial charge in [0.15, 0.2) is 0 Å². The molecule has 0 saturated heterocycles. The average molecular weight is 1010 g/mol. The molecular weight excluding hydrogens is 887 g/mol. The molecule has 0 spiro atoms. The second-order valence-corrected chi connectivity index (χ2v) is 22.5. The van der Waals surface area contributed by atoms with Gasteiger partial charge in [-0.15, -0.1) is 0 Å². The number of allylic oxidation sites excluding steroid dienone is 3. The number of rotatable bonds is 61. The van der Waals surface area contributed by atoms with Gasteiger partial charge in [-0.3, -0.25) is 9.59 Å². The van der Waals surface area contributed by atoms with E-state index >= 15 is 0 Å². The first-order valence-corrected chi connectivity index (χ1v) is 32.6. The van der Waals surface area contributed by atoms with Crippen LogP contribution in [0, 0.1) is 0 Å². The van der Waals surface area contributed by atoms with Gasteiger partial charge < -0.3 is 20.3 Å². The van der Waals surface area contributed by atoms with Gasteiger partial charge in [0.2, 0.25) is 5.91 Å². The largest absolute Gasteiger partial charge is 0.466 e. The van der Waals surface area contributed by atoms with E-state index in [0.29, 0.717) is 19.4 Å². The SMILES string of the molecule is CCCCCC/C=C\CCCCCCCC(=O)OCCCCCCCCCCCCCCCCCCCCCCCCCCCCCCCCCC(=O)NC(CO)C(O)/C=C/CCCCCCCCCCC. The smallest absolute Gasteiger partial charge is 0.305 e. The highest BCUT2D eigenvalue weighted by Gasteiger charge is 2.18. The first-order valence-electron chi connectivity index (χ1n) is 32.6. The third-order valence-electron chi connectivity index (χ3n) is 15.2. The highest BCUT2D eigenvalue weighted by molar-refractivity contribution is 5.76. The summed E-state index contributed by atoms with van der Waals surface area (Å²) in [5.74, 6) is -0.0525. The molecule has 2 atom stereocenters. The molecule has 2 unspecified atom stereocenters. The predicted molar refractivity (Wildman–Crippen MR) is 315 cm³/mol. The lowest BCUT2D eigenvalue weighted by Crippen LogP contribution is -2.45. The summed E-state index contributed by atoms with van der Waals surface area (Å²) < 4.78 is 5.48. The summed E-state index contributed by atoms with van der Waals surface area (Å²) in [4.78, 5) is 24.5. The number of ether oxygens (including phenoxy) is 1. The van der Waals surface area contributed by atoms with Crippen LogP contribution in [0.1, 0.15) is 361 Å². The molecule has 0 aliphatic carbocycles. The number of esters is 1. The highest BCUT2D eigenvalue weighted by Crippen LogP contribution is 2.18. The maximum absolute atomic E-state index is 12.4. The Morgan fingerprint density at radius 1 is 0.375 bits per heavy atom. The number of amides is 1. The number of carbonyl (C=O) groups excluding carboxylic acids is 2. The molecule has 0 rings (SSSR count). The van der Waals surface area contributed by atoms with Crippen LogP contribution in [0.4, 0.5) is 0 Å². The molecule has 0 heterocycles. The van der Waals surface area contributed by atoms with Crippen molar-refractivity contribution in [3.63, 3.8) is 0 Å². The fourth-order valence-corrected chi connectivity index (χ4v) is 10.2. The highest BCUT2D eigenvalue weighted by atomic mass is 16.5. The molecule has 3 N–H and O–H groups in total. The molecule has 0 aromatic carbocycles. The molecule has 0 saturated carbocycles. The van der Waals surface area contributed by atoms with Crippen LogP contribution in [0.25, 0.3) is 0 Å². The number of aliphatic hydroxyl groups excluding tert-OH is 2. The molecule has 0 aliphatic heterocycles. The number of aliphatic hydroxyl groups is 2. The van der Waals surface area contributed by atoms with Crippen LogP contribution in [-0.2, 0) is 14.3 Å². The van der Waals surface area contributed by atoms with E-state index in [2.05, 4.69) is 31.3 Å². The molecule has 0 aromatic rings. The van der Waals surface area contributed by atoms with Crippen molar-refractivity contribution in [2.45, 2.75) is 373 Å². The molecular formula is C66H127NO5. The molecule has 426 valence electrons. The summed E-state index contributed by atoms with van der Waals surface area (Å²) >= 11 is 0. The first-order chi connectivity index (χ1) is 35.5. The van der Waals surface area contributed by atoms with Crippen molar-refractivity contribution in [1.29, 1.82) is 0 Å². The summed E-state index contributed by atoms with van der Waals surface area (Å²) in [6.45, 7) is 4.89. The maximum Gasteiger partial charge on any atom is 0.305 e. The van der Waals surface area contributed by atoms with E-state index in [1.54, 1.807) is 6.08 Å². The van der Waals surface area contributed by atoms with Gasteiger partial charge in [-0.1, -0.05) is 314 Å². The fourth-order valence-electron chi connectivity index (χ4n) is 10.2. The van der Waals surface area contributed by atoms with Gasteiger partial charge in [-0.05, 0) is 57.8 Å². The Kier molecular flexibility index (Phi) is 60.5. The van der Waals surface area contributed by atoms with Gasteiger partial charge in [0.1, 0.15) is 0 Å². The monoisotopic (exact) mass is 1010 g/mol. The minimum absolute atomic E-state index is 0.0113. The average Bonchev–Trinajstić information content (AvgIpc) is 3.38. The van der Waals surface area contributed by atoms with Crippen molar-refractivity contribution >= 4 is 11.9 Å². The van der Waals surface area contributed by atoms with Crippen molar-refractivity contribution < 1.29 is 24.5 Å². The summed E-state index contributed by atoms with van der Waals surface area (Å²) in [5, 5.41) is 23.0. The maximum atomic E-state index is 12.4. The molecule has 72 heavy (non-hydrogen) atoms. The molecule has 0 aliphatic rings. The zero-order valence-electron chi connectivity index (χ0n) is 48.7. The van der Waals surface area contributed by atoms with Crippen LogP contribution in [-0.4, -0.2) is 47.4 Å². The van der Waals surface area contributed by atoms with Crippen molar-refractivity contribution in [2.24, 2.45) is 0 Å². The Morgan fingerprint density at radius 3 is 1.00 bits per heavy atom. The van der Waals surface area contributed by atoms with Gasteiger partial charge in [0.05, 0.1) is 25.4 Å². The summed E-state index contributed by atoms with van der Waals surface area (Å²) in [6, 6.07) is -0.622. The number of unbranched alkanes of at least 4 members (excludes halogenated alkanes) is 48. The van der Waals surface area contributed by atoms with Crippen molar-refractivity contribution in [1.82, 2.24) is 5.32 Å². The lowest BCUT2D eigenvalue weighted by atomic mass is 10.0. The molecule has 0 fully saturated rings. The Morgan fingerprint density at radius 2 is 0.653 bits per heavy atom. The minimum atomic E-state index is -0.839. The predicted octanol–water partition coefficient (Wildman–Crippen LogP) is 20.6. The van der Waals surface area contributed by atoms with E-state index in [-0.39, 0.29) is 18.5 Å². The van der Waals surface area contributed by atoms with Crippen LogP contribution in [0.15, 0.2) is 24.3 Å². The molecule has 0 bridgehead atoms. The molecule has 0 aromatic heterocycles. The molecule has 1 amide bonds. The third-order valence-corrected chi connectivity index (χ3v) is 15.2. The van der Waals surface area contributed by atoms with Gasteiger partial charge in [-0.25, -0.2) is 0 Å². The quantitative estimate of drug-likeness (QED) is 0.0320. The number of hydrogen-bond acceptors (Lipinski definition) is 5. The number of nitrogens with one attached hydrogen (secondary N) is 1. The zero-order chi connectivity index (χ0) is 52.2. The second kappa shape index (κ2) is 61.9. The normalized spacial score (nSPS) is 12.7. The van der Waals surface area contributed by atoms with E-state index in [9.17, 15) is 19.8 Å². The molecule has 6 nitrogen and oxygen atoms in total. The number of hydrogen-bond donors (Lipinski definition) is 3. The number of carbonyl (C=O) groups is 2. The van der Waals surface area contributed by atoms with E-state index in [1.807, 2.05) is 6.08 Å². The van der Waals surface area contributed by atoms with Gasteiger partial charge in [-0.2, -0.15) is 0 Å². The van der Waals surface area contributed by atoms with E-state index in [0.717, 1.165) is 44.9 Å². The van der Waals surface area contributed by atoms with Crippen LogP contribution >= 0.6 is 0 Å². The van der Waals surface area contributed by atoms with Crippen molar-refractivity contribution in [2.75, 3.05) is 13.2 Å². The lowest BCUT2D eigenvalue weighted by molar-refractivity contribution is -0.143. The fraction of sp³-hybridized carbons (Fsp3) is 0.909. The van der Waals surface area contributed by atoms with Gasteiger partial charge in [0, 0.05) is 12.8 Å². The van der Waals surface area contributed by atoms with E-state index in [4.69, 9.17) is 4.74 Å². The Labute approximate surface area is 450 Å². The summed E-state index contributed by atoms with van der Waals surface area (Å²) in [6.07, 6.45) is 76.8. The topological polar surface area (TPSA) is 95.9 Å². The Bertz CT molecular complexity index is 1120. The zero-order valence-corrected chi connectivity index (χ0v) is 48.7. The second-order valence-electron chi connectivity index (χ2n) is 22.5. The van der Waals surface area contributed by atoms with Gasteiger partial charge >= 0.3 is 5.97 Å². The lowest BCUT2D eigenvalue weighted by Gasteiger charge is -2.20. The van der Waals surface area contributed by atoms with E-state index in [1.165, 1.54) is 289 Å². The molecule has 6 heteroatoms. The standard InChI is InChI=1S/C66H127NO5/c1-3-5-7-9-11-13-15-35-40-44-48-52-56-60-66(71)72-61-57-53-49-45-41-37-34-32-30-28-26-24-22-20-18-16-17-19-21-23-25-27-29-31-33-36-39-43-47-51-55-59-65(70)67-63(62-68)64(69)58-54-50-46-42-38-14-12-10-8-6-4-2/h13,15,54,58,63-64,68-69H,3-12,14,16-53,55-57,59-62H2,1-2H3,(H,67,70)/b15-13-,58-54+. The van der Waals surface area contributed by atoms with Gasteiger partial charge in [0.25, 0.3) is 0 Å². The van der Waals surface area contributed by atoms with Crippen LogP contribution < -0.4 is 5.32 Å². The Balaban J connectivity index is 3.32. The van der Waals surface area contributed by atoms with Crippen molar-refractivity contribution in [3.05, 3.63) is 24.3 Å². The minimum Gasteiger partial charge on any atom is -0.466 e. The molecule has 0 radical (unpaired) electrons. The summed E-state index contributed by atoms with van der Waals surface area (Å²) in [5.41, 5.74) is 0. The van der Waals surface area contributed by atoms with Crippen LogP contribution in [0.5, 0.6) is 0 Å². The summed E-state index contributed by atoms with van der Waals surface area (Å²) in [7, 11) is 0.